The van der Waals surface area contributed by atoms with E-state index in [1.54, 1.807) is 16.7 Å². The zero-order valence-electron chi connectivity index (χ0n) is 9.73. The molecule has 1 fully saturated rings. The molecule has 0 bridgehead atoms. The van der Waals surface area contributed by atoms with Gasteiger partial charge in [-0.1, -0.05) is 6.92 Å². The minimum absolute atomic E-state index is 0.0329. The summed E-state index contributed by atoms with van der Waals surface area (Å²) in [7, 11) is 0. The molecule has 5 nitrogen and oxygen atoms in total. The van der Waals surface area contributed by atoms with Crippen molar-refractivity contribution in [3.63, 3.8) is 0 Å². The second-order valence-corrected chi connectivity index (χ2v) is 4.88. The van der Waals surface area contributed by atoms with E-state index in [1.165, 1.54) is 0 Å². The van der Waals surface area contributed by atoms with Crippen LogP contribution in [-0.2, 0) is 9.59 Å². The Bertz CT molecular complexity index is 273. The maximum Gasteiger partial charge on any atom is 0.243 e. The Morgan fingerprint density at radius 1 is 1.62 bits per heavy atom. The van der Waals surface area contributed by atoms with Gasteiger partial charge >= 0.3 is 0 Å². The first-order valence-corrected chi connectivity index (χ1v) is 6.63. The van der Waals surface area contributed by atoms with Gasteiger partial charge in [-0.15, -0.1) is 11.8 Å². The van der Waals surface area contributed by atoms with Gasteiger partial charge in [0, 0.05) is 24.8 Å². The second-order valence-electron chi connectivity index (χ2n) is 3.88. The fourth-order valence-electron chi connectivity index (χ4n) is 1.51. The molecule has 1 saturated heterocycles. The number of hydrogen-bond acceptors (Lipinski definition) is 4. The molecular weight excluding hydrogens is 226 g/mol. The van der Waals surface area contributed by atoms with E-state index in [1.807, 2.05) is 13.8 Å². The van der Waals surface area contributed by atoms with E-state index in [4.69, 9.17) is 5.73 Å². The van der Waals surface area contributed by atoms with Gasteiger partial charge < -0.3 is 16.0 Å². The molecule has 0 aromatic carbocycles. The normalized spacial score (nSPS) is 21.9. The van der Waals surface area contributed by atoms with Gasteiger partial charge in [0.15, 0.2) is 0 Å². The molecule has 3 N–H and O–H groups in total. The molecule has 2 amide bonds. The van der Waals surface area contributed by atoms with Gasteiger partial charge in [-0.05, 0) is 6.92 Å². The van der Waals surface area contributed by atoms with Crippen molar-refractivity contribution in [1.82, 2.24) is 10.2 Å². The number of carbonyl (C=O) groups is 2. The molecule has 92 valence electrons. The van der Waals surface area contributed by atoms with E-state index in [0.29, 0.717) is 24.6 Å². The molecule has 6 heteroatoms. The summed E-state index contributed by atoms with van der Waals surface area (Å²) in [6.07, 6.45) is 0.441. The lowest BCUT2D eigenvalue weighted by atomic mass is 10.2. The number of nitrogens with zero attached hydrogens (tertiary/aromatic N) is 1. The van der Waals surface area contributed by atoms with Gasteiger partial charge in [0.25, 0.3) is 0 Å². The van der Waals surface area contributed by atoms with Crippen LogP contribution in [-0.4, -0.2) is 47.0 Å². The Hall–Kier alpha value is -0.750. The van der Waals surface area contributed by atoms with Crippen LogP contribution in [0.4, 0.5) is 0 Å². The van der Waals surface area contributed by atoms with Gasteiger partial charge in [0.1, 0.15) is 6.04 Å². The monoisotopic (exact) mass is 245 g/mol. The van der Waals surface area contributed by atoms with Crippen LogP contribution >= 0.6 is 11.8 Å². The van der Waals surface area contributed by atoms with Gasteiger partial charge in [-0.3, -0.25) is 9.59 Å². The molecule has 1 rings (SSSR count). The molecule has 0 saturated carbocycles. The number of nitrogens with two attached hydrogens (primary N) is 1. The predicted molar refractivity (Wildman–Crippen MR) is 64.9 cm³/mol. The summed E-state index contributed by atoms with van der Waals surface area (Å²) in [5.41, 5.74) is 5.44. The molecule has 0 aromatic rings. The molecule has 1 aliphatic heterocycles. The van der Waals surface area contributed by atoms with Crippen molar-refractivity contribution in [2.75, 3.05) is 18.2 Å². The number of nitrogens with one attached hydrogen (secondary N) is 1. The first-order chi connectivity index (χ1) is 7.60. The number of amides is 2. The Morgan fingerprint density at radius 3 is 2.88 bits per heavy atom. The average Bonchev–Trinajstić information content (AvgIpc) is 2.76. The smallest absolute Gasteiger partial charge is 0.243 e. The predicted octanol–water partition coefficient (Wildman–Crippen LogP) is -0.239. The third-order valence-electron chi connectivity index (χ3n) is 2.55. The van der Waals surface area contributed by atoms with Crippen molar-refractivity contribution in [3.8, 4) is 0 Å². The van der Waals surface area contributed by atoms with Crippen molar-refractivity contribution in [1.29, 1.82) is 0 Å². The van der Waals surface area contributed by atoms with Gasteiger partial charge in [0.2, 0.25) is 11.8 Å². The molecule has 1 aliphatic rings. The molecule has 0 radical (unpaired) electrons. The molecular formula is C10H19N3O2S. The fraction of sp³-hybridized carbons (Fsp3) is 0.800. The standard InChI is InChI=1S/C10H19N3O2S/c1-3-9(14)13-6-16-5-8(13)10(15)12-7(2)4-11/h7-8H,3-6,11H2,1-2H3,(H,12,15)/t7-,8?/m0/s1. The first-order valence-electron chi connectivity index (χ1n) is 5.47. The molecule has 0 aliphatic carbocycles. The van der Waals surface area contributed by atoms with Gasteiger partial charge in [-0.25, -0.2) is 0 Å². The molecule has 1 heterocycles. The average molecular weight is 245 g/mol. The SMILES string of the molecule is CCC(=O)N1CSCC1C(=O)N[C@@H](C)CN. The highest BCUT2D eigenvalue weighted by Gasteiger charge is 2.33. The Balaban J connectivity index is 2.57. The Kier molecular flexibility index (Phi) is 5.08. The topological polar surface area (TPSA) is 75.4 Å². The number of thioether (sulfide) groups is 1. The molecule has 0 spiro atoms. The van der Waals surface area contributed by atoms with Crippen molar-refractivity contribution >= 4 is 23.6 Å². The minimum Gasteiger partial charge on any atom is -0.351 e. The van der Waals surface area contributed by atoms with E-state index in [-0.39, 0.29) is 23.9 Å². The maximum atomic E-state index is 11.9. The van der Waals surface area contributed by atoms with E-state index >= 15 is 0 Å². The van der Waals surface area contributed by atoms with Crippen LogP contribution in [0.2, 0.25) is 0 Å². The minimum atomic E-state index is -0.327. The lowest BCUT2D eigenvalue weighted by molar-refractivity contribution is -0.138. The van der Waals surface area contributed by atoms with E-state index < -0.39 is 0 Å². The summed E-state index contributed by atoms with van der Waals surface area (Å²) in [6, 6.07) is -0.372. The largest absolute Gasteiger partial charge is 0.351 e. The summed E-state index contributed by atoms with van der Waals surface area (Å²) in [6.45, 7) is 4.07. The highest BCUT2D eigenvalue weighted by Crippen LogP contribution is 2.21. The second kappa shape index (κ2) is 6.10. The quantitative estimate of drug-likeness (QED) is 0.717. The molecule has 1 unspecified atom stereocenters. The van der Waals surface area contributed by atoms with Crippen LogP contribution in [0.25, 0.3) is 0 Å². The van der Waals surface area contributed by atoms with Crippen LogP contribution in [0.3, 0.4) is 0 Å². The van der Waals surface area contributed by atoms with Crippen molar-refractivity contribution in [2.24, 2.45) is 5.73 Å². The lowest BCUT2D eigenvalue weighted by Crippen LogP contribution is -2.50. The van der Waals surface area contributed by atoms with Crippen LogP contribution in [0.1, 0.15) is 20.3 Å². The van der Waals surface area contributed by atoms with Crippen molar-refractivity contribution in [3.05, 3.63) is 0 Å². The third-order valence-corrected chi connectivity index (χ3v) is 3.56. The van der Waals surface area contributed by atoms with Crippen molar-refractivity contribution < 1.29 is 9.59 Å². The summed E-state index contributed by atoms with van der Waals surface area (Å²) in [4.78, 5) is 25.1. The first kappa shape index (κ1) is 13.3. The van der Waals surface area contributed by atoms with E-state index in [0.717, 1.165) is 0 Å². The summed E-state index contributed by atoms with van der Waals surface area (Å²) in [5, 5.41) is 2.81. The van der Waals surface area contributed by atoms with Crippen LogP contribution in [0.5, 0.6) is 0 Å². The molecule has 0 aromatic heterocycles. The number of hydrogen-bond donors (Lipinski definition) is 2. The third kappa shape index (κ3) is 3.12. The summed E-state index contributed by atoms with van der Waals surface area (Å²) >= 11 is 1.61. The van der Waals surface area contributed by atoms with Crippen molar-refractivity contribution in [2.45, 2.75) is 32.4 Å². The summed E-state index contributed by atoms with van der Waals surface area (Å²) < 4.78 is 0. The number of carbonyl (C=O) groups excluding carboxylic acids is 2. The Morgan fingerprint density at radius 2 is 2.31 bits per heavy atom. The van der Waals surface area contributed by atoms with Gasteiger partial charge in [0.05, 0.1) is 5.88 Å². The zero-order valence-corrected chi connectivity index (χ0v) is 10.5. The van der Waals surface area contributed by atoms with Crippen LogP contribution in [0.15, 0.2) is 0 Å². The van der Waals surface area contributed by atoms with Gasteiger partial charge in [-0.2, -0.15) is 0 Å². The highest BCUT2D eigenvalue weighted by atomic mass is 32.2. The van der Waals surface area contributed by atoms with Crippen LogP contribution < -0.4 is 11.1 Å². The molecule has 16 heavy (non-hydrogen) atoms. The highest BCUT2D eigenvalue weighted by molar-refractivity contribution is 7.99. The zero-order chi connectivity index (χ0) is 12.1. The maximum absolute atomic E-state index is 11.9. The fourth-order valence-corrected chi connectivity index (χ4v) is 2.69. The lowest BCUT2D eigenvalue weighted by Gasteiger charge is -2.24. The Labute approximate surface area is 100 Å². The van der Waals surface area contributed by atoms with E-state index in [2.05, 4.69) is 5.32 Å². The summed E-state index contributed by atoms with van der Waals surface area (Å²) in [5.74, 6) is 1.23. The molecule has 2 atom stereocenters. The van der Waals surface area contributed by atoms with Crippen LogP contribution in [0, 0.1) is 0 Å². The van der Waals surface area contributed by atoms with E-state index in [9.17, 15) is 9.59 Å². The number of rotatable bonds is 4.